The van der Waals surface area contributed by atoms with Crippen LogP contribution in [-0.4, -0.2) is 56.7 Å². The van der Waals surface area contributed by atoms with E-state index in [1.54, 1.807) is 18.2 Å². The van der Waals surface area contributed by atoms with E-state index in [9.17, 15) is 14.4 Å². The first-order valence-electron chi connectivity index (χ1n) is 12.7. The zero-order valence-electron chi connectivity index (χ0n) is 22.6. The summed E-state index contributed by atoms with van der Waals surface area (Å²) in [5.74, 6) is -0.143. The van der Waals surface area contributed by atoms with Crippen LogP contribution < -0.4 is 0 Å². The van der Waals surface area contributed by atoms with E-state index in [4.69, 9.17) is 9.16 Å². The molecule has 1 amide bonds. The monoisotopic (exact) mass is 501 g/mol. The highest BCUT2D eigenvalue weighted by Crippen LogP contribution is 2.37. The van der Waals surface area contributed by atoms with Crippen molar-refractivity contribution in [3.05, 3.63) is 47.5 Å². The van der Waals surface area contributed by atoms with Crippen molar-refractivity contribution in [1.29, 1.82) is 0 Å². The second kappa shape index (κ2) is 12.6. The van der Waals surface area contributed by atoms with Gasteiger partial charge in [-0.05, 0) is 74.5 Å². The molecule has 0 bridgehead atoms. The van der Waals surface area contributed by atoms with E-state index in [0.717, 1.165) is 24.8 Å². The zero-order chi connectivity index (χ0) is 26.2. The van der Waals surface area contributed by atoms with Gasteiger partial charge in [0.25, 0.3) is 0 Å². The van der Waals surface area contributed by atoms with Gasteiger partial charge in [-0.3, -0.25) is 9.59 Å². The quantitative estimate of drug-likeness (QED) is 0.208. The summed E-state index contributed by atoms with van der Waals surface area (Å²) in [7, 11) is -0.432. The van der Waals surface area contributed by atoms with Gasteiger partial charge in [-0.15, -0.1) is 0 Å². The van der Waals surface area contributed by atoms with Gasteiger partial charge < -0.3 is 14.1 Å². The minimum Gasteiger partial charge on any atom is -0.465 e. The van der Waals surface area contributed by atoms with Crippen LogP contribution in [0.15, 0.2) is 36.4 Å². The molecule has 194 valence electrons. The maximum Gasteiger partial charge on any atom is 0.337 e. The topological polar surface area (TPSA) is 72.9 Å². The van der Waals surface area contributed by atoms with Gasteiger partial charge in [0, 0.05) is 25.5 Å². The maximum absolute atomic E-state index is 12.4. The number of rotatable bonds is 12. The Morgan fingerprint density at radius 1 is 1.20 bits per heavy atom. The fourth-order valence-corrected chi connectivity index (χ4v) is 5.50. The molecule has 1 aliphatic heterocycles. The summed E-state index contributed by atoms with van der Waals surface area (Å²) in [6.07, 6.45) is 7.80. The van der Waals surface area contributed by atoms with Crippen LogP contribution in [0.3, 0.4) is 0 Å². The van der Waals surface area contributed by atoms with E-state index in [0.29, 0.717) is 31.4 Å². The largest absolute Gasteiger partial charge is 0.465 e. The molecule has 0 spiro atoms. The number of methoxy groups -OCH3 is 1. The van der Waals surface area contributed by atoms with Crippen molar-refractivity contribution >= 4 is 26.0 Å². The Kier molecular flexibility index (Phi) is 10.5. The van der Waals surface area contributed by atoms with E-state index in [1.807, 2.05) is 23.1 Å². The average Bonchev–Trinajstić information content (AvgIpc) is 3.14. The summed E-state index contributed by atoms with van der Waals surface area (Å²) >= 11 is 0. The smallest absolute Gasteiger partial charge is 0.337 e. The Bertz CT molecular complexity index is 901. The summed E-state index contributed by atoms with van der Waals surface area (Å²) in [4.78, 5) is 38.3. The molecule has 2 rings (SSSR count). The highest BCUT2D eigenvalue weighted by molar-refractivity contribution is 6.74. The van der Waals surface area contributed by atoms with Crippen LogP contribution >= 0.6 is 0 Å². The van der Waals surface area contributed by atoms with Crippen molar-refractivity contribution in [3.8, 4) is 0 Å². The van der Waals surface area contributed by atoms with E-state index in [1.165, 1.54) is 7.11 Å². The molecule has 1 fully saturated rings. The third-order valence-corrected chi connectivity index (χ3v) is 11.8. The van der Waals surface area contributed by atoms with Crippen LogP contribution in [0, 0.1) is 0 Å². The lowest BCUT2D eigenvalue weighted by molar-refractivity contribution is -0.128. The van der Waals surface area contributed by atoms with Crippen LogP contribution in [0.4, 0.5) is 0 Å². The number of carbonyl (C=O) groups is 3. The van der Waals surface area contributed by atoms with Crippen molar-refractivity contribution in [1.82, 2.24) is 4.90 Å². The molecule has 1 aromatic rings. The lowest BCUT2D eigenvalue weighted by Crippen LogP contribution is -2.43. The SMILES string of the molecule is COC(=O)c1ccc(CCN2C(=O)CC[C@@H]2C=CC(=O)CCC[C@@H](C)O[Si](C)(C)C(C)(C)C)cc1. The number of ketones is 1. The van der Waals surface area contributed by atoms with Gasteiger partial charge in [-0.1, -0.05) is 39.0 Å². The number of amides is 1. The molecule has 0 unspecified atom stereocenters. The summed E-state index contributed by atoms with van der Waals surface area (Å²) in [6.45, 7) is 13.9. The number of allylic oxidation sites excluding steroid dienone is 1. The molecular formula is C28H43NO5Si. The Balaban J connectivity index is 1.80. The van der Waals surface area contributed by atoms with Crippen LogP contribution in [0.2, 0.25) is 18.1 Å². The second-order valence-electron chi connectivity index (χ2n) is 11.0. The highest BCUT2D eigenvalue weighted by atomic mass is 28.4. The number of benzene rings is 1. The first-order valence-corrected chi connectivity index (χ1v) is 15.6. The Hall–Kier alpha value is -2.25. The fraction of sp³-hybridized carbons (Fsp3) is 0.607. The number of nitrogens with zero attached hydrogens (tertiary/aromatic N) is 1. The van der Waals surface area contributed by atoms with Crippen LogP contribution in [0.5, 0.6) is 0 Å². The normalized spacial score (nSPS) is 17.7. The molecule has 2 atom stereocenters. The first-order chi connectivity index (χ1) is 16.3. The molecule has 0 saturated carbocycles. The molecule has 6 nitrogen and oxygen atoms in total. The van der Waals surface area contributed by atoms with Crippen molar-refractivity contribution in [3.63, 3.8) is 0 Å². The molecule has 0 N–H and O–H groups in total. The maximum atomic E-state index is 12.4. The van der Waals surface area contributed by atoms with Gasteiger partial charge >= 0.3 is 5.97 Å². The minimum absolute atomic E-state index is 0.0402. The number of likely N-dealkylation sites (tertiary alicyclic amines) is 1. The van der Waals surface area contributed by atoms with Gasteiger partial charge in [-0.25, -0.2) is 4.79 Å². The molecule has 35 heavy (non-hydrogen) atoms. The van der Waals surface area contributed by atoms with Crippen LogP contribution in [-0.2, 0) is 25.2 Å². The second-order valence-corrected chi connectivity index (χ2v) is 15.8. The number of carbonyl (C=O) groups excluding carboxylic acids is 3. The van der Waals surface area contributed by atoms with Gasteiger partial charge in [0.05, 0.1) is 18.7 Å². The van der Waals surface area contributed by atoms with Gasteiger partial charge in [0.15, 0.2) is 14.1 Å². The molecule has 1 saturated heterocycles. The Labute approximate surface area is 212 Å². The third-order valence-electron chi connectivity index (χ3n) is 7.23. The molecular weight excluding hydrogens is 458 g/mol. The van der Waals surface area contributed by atoms with E-state index in [2.05, 4.69) is 40.8 Å². The average molecular weight is 502 g/mol. The first kappa shape index (κ1) is 29.0. The predicted molar refractivity (Wildman–Crippen MR) is 142 cm³/mol. The molecule has 1 heterocycles. The molecule has 1 aromatic carbocycles. The van der Waals surface area contributed by atoms with Crippen molar-refractivity contribution in [2.45, 2.75) is 96.5 Å². The summed E-state index contributed by atoms with van der Waals surface area (Å²) < 4.78 is 11.1. The fourth-order valence-electron chi connectivity index (χ4n) is 4.03. The Morgan fingerprint density at radius 2 is 1.86 bits per heavy atom. The van der Waals surface area contributed by atoms with Crippen molar-refractivity contribution < 1.29 is 23.5 Å². The molecule has 0 radical (unpaired) electrons. The van der Waals surface area contributed by atoms with Gasteiger partial charge in [0.2, 0.25) is 5.91 Å². The third kappa shape index (κ3) is 8.72. The number of esters is 1. The number of ether oxygens (including phenoxy) is 1. The minimum atomic E-state index is -1.79. The Morgan fingerprint density at radius 3 is 2.46 bits per heavy atom. The van der Waals surface area contributed by atoms with Crippen molar-refractivity contribution in [2.24, 2.45) is 0 Å². The highest BCUT2D eigenvalue weighted by Gasteiger charge is 2.38. The van der Waals surface area contributed by atoms with Gasteiger partial charge in [0.1, 0.15) is 0 Å². The zero-order valence-corrected chi connectivity index (χ0v) is 23.6. The van der Waals surface area contributed by atoms with Crippen LogP contribution in [0.1, 0.15) is 75.7 Å². The standard InChI is InChI=1S/C28H43NO5Si/c1-21(34-35(6,7)28(2,3)4)9-8-10-25(30)17-15-24-16-18-26(31)29(24)20-19-22-11-13-23(14-12-22)27(32)33-5/h11-15,17,21,24H,8-10,16,18-20H2,1-7H3/t21-,24+/m1/s1. The summed E-state index contributed by atoms with van der Waals surface area (Å²) in [5, 5.41) is 0.177. The lowest BCUT2D eigenvalue weighted by Gasteiger charge is -2.38. The molecule has 0 aromatic heterocycles. The number of hydrogen-bond acceptors (Lipinski definition) is 5. The molecule has 7 heteroatoms. The van der Waals surface area contributed by atoms with Crippen LogP contribution in [0.25, 0.3) is 0 Å². The van der Waals surface area contributed by atoms with Crippen molar-refractivity contribution in [2.75, 3.05) is 13.7 Å². The number of hydrogen-bond donors (Lipinski definition) is 0. The lowest BCUT2D eigenvalue weighted by atomic mass is 10.1. The van der Waals surface area contributed by atoms with E-state index in [-0.39, 0.29) is 34.8 Å². The van der Waals surface area contributed by atoms with E-state index >= 15 is 0 Å². The van der Waals surface area contributed by atoms with E-state index < -0.39 is 8.32 Å². The predicted octanol–water partition coefficient (Wildman–Crippen LogP) is 5.71. The van der Waals surface area contributed by atoms with Gasteiger partial charge in [-0.2, -0.15) is 0 Å². The molecule has 1 aliphatic rings. The molecule has 0 aliphatic carbocycles. The summed E-state index contributed by atoms with van der Waals surface area (Å²) in [5.41, 5.74) is 1.55. The summed E-state index contributed by atoms with van der Waals surface area (Å²) in [6, 6.07) is 7.21.